The van der Waals surface area contributed by atoms with Gasteiger partial charge in [-0.25, -0.2) is 4.79 Å². The predicted molar refractivity (Wildman–Crippen MR) is 106 cm³/mol. The molecule has 1 aliphatic carbocycles. The van der Waals surface area contributed by atoms with Gasteiger partial charge in [-0.3, -0.25) is 19.3 Å². The molecule has 3 rings (SSSR count). The van der Waals surface area contributed by atoms with Crippen molar-refractivity contribution in [2.24, 2.45) is 0 Å². The largest absolute Gasteiger partial charge is 0.454 e. The van der Waals surface area contributed by atoms with Gasteiger partial charge in [0.1, 0.15) is 12.1 Å². The van der Waals surface area contributed by atoms with Gasteiger partial charge in [0.25, 0.3) is 11.8 Å². The molecule has 1 heterocycles. The maximum Gasteiger partial charge on any atom is 0.326 e. The Balaban J connectivity index is 1.47. The molecule has 29 heavy (non-hydrogen) atoms. The number of nitrogens with zero attached hydrogens (tertiary/aromatic N) is 1. The standard InChI is InChI=1S/C21H27N3O5/c1-3-4-10-21(2)19(27)24(20(28)23-21)12-18(26)29-13-17(25)22-16-9-8-14-6-5-7-15(14)11-16/h8-9,11H,3-7,10,12-13H2,1-2H3,(H,22,25)(H,23,28)/t21-/m1/s1. The van der Waals surface area contributed by atoms with E-state index in [4.69, 9.17) is 4.74 Å². The highest BCUT2D eigenvalue weighted by atomic mass is 16.5. The molecule has 1 aliphatic heterocycles. The lowest BCUT2D eigenvalue weighted by molar-refractivity contribution is -0.150. The van der Waals surface area contributed by atoms with Crippen molar-refractivity contribution in [2.75, 3.05) is 18.5 Å². The third-order valence-corrected chi connectivity index (χ3v) is 5.41. The summed E-state index contributed by atoms with van der Waals surface area (Å²) in [5.41, 5.74) is 2.18. The highest BCUT2D eigenvalue weighted by molar-refractivity contribution is 6.08. The molecule has 1 atom stereocenters. The van der Waals surface area contributed by atoms with Crippen molar-refractivity contribution in [1.29, 1.82) is 0 Å². The maximum absolute atomic E-state index is 12.5. The first-order chi connectivity index (χ1) is 13.8. The Morgan fingerprint density at radius 3 is 2.76 bits per heavy atom. The zero-order valence-corrected chi connectivity index (χ0v) is 16.9. The first-order valence-electron chi connectivity index (χ1n) is 10.0. The molecule has 0 aromatic heterocycles. The topological polar surface area (TPSA) is 105 Å². The van der Waals surface area contributed by atoms with Crippen LogP contribution in [0.2, 0.25) is 0 Å². The van der Waals surface area contributed by atoms with Gasteiger partial charge in [-0.05, 0) is 55.9 Å². The number of hydrogen-bond donors (Lipinski definition) is 2. The van der Waals surface area contributed by atoms with Gasteiger partial charge < -0.3 is 15.4 Å². The zero-order chi connectivity index (χ0) is 21.0. The molecule has 156 valence electrons. The van der Waals surface area contributed by atoms with E-state index < -0.39 is 42.5 Å². The number of amides is 4. The smallest absolute Gasteiger partial charge is 0.326 e. The third kappa shape index (κ3) is 4.75. The summed E-state index contributed by atoms with van der Waals surface area (Å²) in [4.78, 5) is 49.5. The molecule has 1 saturated heterocycles. The number of urea groups is 1. The molecule has 1 aromatic rings. The molecule has 1 aromatic carbocycles. The Bertz CT molecular complexity index is 838. The number of ether oxygens (including phenoxy) is 1. The molecule has 0 radical (unpaired) electrons. The summed E-state index contributed by atoms with van der Waals surface area (Å²) in [6.45, 7) is 2.65. The fourth-order valence-corrected chi connectivity index (χ4v) is 3.76. The third-order valence-electron chi connectivity index (χ3n) is 5.41. The number of unbranched alkanes of at least 4 members (excludes halogenated alkanes) is 1. The van der Waals surface area contributed by atoms with Crippen LogP contribution < -0.4 is 10.6 Å². The van der Waals surface area contributed by atoms with Gasteiger partial charge in [-0.2, -0.15) is 0 Å². The second-order valence-corrected chi connectivity index (χ2v) is 7.80. The predicted octanol–water partition coefficient (Wildman–Crippen LogP) is 2.16. The summed E-state index contributed by atoms with van der Waals surface area (Å²) >= 11 is 0. The molecule has 4 amide bonds. The molecule has 8 heteroatoms. The molecule has 0 unspecified atom stereocenters. The SMILES string of the molecule is CCCC[C@@]1(C)NC(=O)N(CC(=O)OCC(=O)Nc2ccc3c(c2)CCC3)C1=O. The monoisotopic (exact) mass is 401 g/mol. The van der Waals surface area contributed by atoms with Crippen molar-refractivity contribution in [3.63, 3.8) is 0 Å². The van der Waals surface area contributed by atoms with E-state index >= 15 is 0 Å². The van der Waals surface area contributed by atoms with E-state index in [0.717, 1.165) is 37.0 Å². The van der Waals surface area contributed by atoms with Crippen molar-refractivity contribution >= 4 is 29.5 Å². The second-order valence-electron chi connectivity index (χ2n) is 7.80. The number of benzene rings is 1. The minimum absolute atomic E-state index is 0.449. The van der Waals surface area contributed by atoms with E-state index in [2.05, 4.69) is 10.6 Å². The summed E-state index contributed by atoms with van der Waals surface area (Å²) < 4.78 is 4.95. The molecule has 8 nitrogen and oxygen atoms in total. The van der Waals surface area contributed by atoms with Gasteiger partial charge in [0, 0.05) is 5.69 Å². The molecule has 0 saturated carbocycles. The highest BCUT2D eigenvalue weighted by Crippen LogP contribution is 2.25. The lowest BCUT2D eigenvalue weighted by Gasteiger charge is -2.21. The fraction of sp³-hybridized carbons (Fsp3) is 0.524. The second kappa shape index (κ2) is 8.63. The summed E-state index contributed by atoms with van der Waals surface area (Å²) in [5.74, 6) is -1.73. The Labute approximate surface area is 170 Å². The van der Waals surface area contributed by atoms with Crippen LogP contribution in [0.25, 0.3) is 0 Å². The highest BCUT2D eigenvalue weighted by Gasteiger charge is 2.47. The number of rotatable bonds is 8. The molecule has 2 aliphatic rings. The van der Waals surface area contributed by atoms with Crippen LogP contribution in [0.3, 0.4) is 0 Å². The van der Waals surface area contributed by atoms with Crippen LogP contribution in [0, 0.1) is 0 Å². The number of carbonyl (C=O) groups excluding carboxylic acids is 4. The molecule has 2 N–H and O–H groups in total. The minimum atomic E-state index is -1.00. The van der Waals surface area contributed by atoms with E-state index in [1.807, 2.05) is 25.1 Å². The van der Waals surface area contributed by atoms with Gasteiger partial charge in [-0.1, -0.05) is 25.8 Å². The van der Waals surface area contributed by atoms with Crippen molar-refractivity contribution in [2.45, 2.75) is 57.9 Å². The molecular weight excluding hydrogens is 374 g/mol. The maximum atomic E-state index is 12.5. The zero-order valence-electron chi connectivity index (χ0n) is 16.9. The number of esters is 1. The Hall–Kier alpha value is -2.90. The average molecular weight is 401 g/mol. The van der Waals surface area contributed by atoms with Gasteiger partial charge in [0.05, 0.1) is 0 Å². The fourth-order valence-electron chi connectivity index (χ4n) is 3.76. The lowest BCUT2D eigenvalue weighted by Crippen LogP contribution is -2.44. The lowest BCUT2D eigenvalue weighted by atomic mass is 9.95. The summed E-state index contributed by atoms with van der Waals surface area (Å²) in [5, 5.41) is 5.34. The molecule has 0 bridgehead atoms. The van der Waals surface area contributed by atoms with Crippen molar-refractivity contribution < 1.29 is 23.9 Å². The number of imide groups is 1. The van der Waals surface area contributed by atoms with E-state index in [-0.39, 0.29) is 0 Å². The summed E-state index contributed by atoms with van der Waals surface area (Å²) in [6, 6.07) is 5.14. The van der Waals surface area contributed by atoms with Crippen LogP contribution in [-0.4, -0.2) is 47.4 Å². The molecule has 0 spiro atoms. The Morgan fingerprint density at radius 2 is 2.00 bits per heavy atom. The van der Waals surface area contributed by atoms with Crippen molar-refractivity contribution in [1.82, 2.24) is 10.2 Å². The van der Waals surface area contributed by atoms with Gasteiger partial charge in [0.2, 0.25) is 0 Å². The van der Waals surface area contributed by atoms with Crippen molar-refractivity contribution in [3.05, 3.63) is 29.3 Å². The van der Waals surface area contributed by atoms with Crippen LogP contribution in [0.1, 0.15) is 50.7 Å². The van der Waals surface area contributed by atoms with Gasteiger partial charge in [0.15, 0.2) is 6.61 Å². The van der Waals surface area contributed by atoms with E-state index in [0.29, 0.717) is 12.1 Å². The first-order valence-corrected chi connectivity index (χ1v) is 10.0. The van der Waals surface area contributed by atoms with Crippen molar-refractivity contribution in [3.8, 4) is 0 Å². The normalized spacial score (nSPS) is 20.4. The van der Waals surface area contributed by atoms with E-state index in [9.17, 15) is 19.2 Å². The van der Waals surface area contributed by atoms with Crippen LogP contribution >= 0.6 is 0 Å². The van der Waals surface area contributed by atoms with Crippen LogP contribution in [0.4, 0.5) is 10.5 Å². The number of fused-ring (bicyclic) bond motifs is 1. The Morgan fingerprint density at radius 1 is 1.24 bits per heavy atom. The van der Waals surface area contributed by atoms with Crippen LogP contribution in [0.5, 0.6) is 0 Å². The van der Waals surface area contributed by atoms with Gasteiger partial charge >= 0.3 is 12.0 Å². The number of nitrogens with one attached hydrogen (secondary N) is 2. The summed E-state index contributed by atoms with van der Waals surface area (Å²) in [7, 11) is 0. The van der Waals surface area contributed by atoms with E-state index in [1.54, 1.807) is 6.92 Å². The number of anilines is 1. The van der Waals surface area contributed by atoms with Crippen LogP contribution in [0.15, 0.2) is 18.2 Å². The molecular formula is C21H27N3O5. The number of carbonyl (C=O) groups is 4. The first kappa shape index (κ1) is 20.8. The quantitative estimate of drug-likeness (QED) is 0.513. The Kier molecular flexibility index (Phi) is 6.20. The van der Waals surface area contributed by atoms with E-state index in [1.165, 1.54) is 11.1 Å². The van der Waals surface area contributed by atoms with Crippen LogP contribution in [-0.2, 0) is 32.0 Å². The summed E-state index contributed by atoms with van der Waals surface area (Å²) in [6.07, 6.45) is 5.34. The number of aryl methyl sites for hydroxylation is 2. The molecule has 1 fully saturated rings. The minimum Gasteiger partial charge on any atom is -0.454 e. The number of hydrogen-bond acceptors (Lipinski definition) is 5. The average Bonchev–Trinajstić information content (AvgIpc) is 3.23. The van der Waals surface area contributed by atoms with Gasteiger partial charge in [-0.15, -0.1) is 0 Å².